The van der Waals surface area contributed by atoms with E-state index in [0.717, 1.165) is 17.7 Å². The first-order chi connectivity index (χ1) is 7.08. The van der Waals surface area contributed by atoms with Gasteiger partial charge in [-0.3, -0.25) is 0 Å². The van der Waals surface area contributed by atoms with Crippen molar-refractivity contribution in [1.29, 1.82) is 0 Å². The van der Waals surface area contributed by atoms with Gasteiger partial charge in [-0.2, -0.15) is 0 Å². The van der Waals surface area contributed by atoms with Gasteiger partial charge in [0.25, 0.3) is 0 Å². The summed E-state index contributed by atoms with van der Waals surface area (Å²) >= 11 is 0. The first kappa shape index (κ1) is 16.1. The first-order valence-corrected chi connectivity index (χ1v) is 7.08. The van der Waals surface area contributed by atoms with Crippen LogP contribution in [0.1, 0.15) is 68.2 Å². The summed E-state index contributed by atoms with van der Waals surface area (Å²) in [4.78, 5) is 0. The summed E-state index contributed by atoms with van der Waals surface area (Å²) in [6.07, 6.45) is 2.63. The topological polar surface area (TPSA) is 0 Å². The molecule has 0 rings (SSSR count). The van der Waals surface area contributed by atoms with Gasteiger partial charge in [-0.05, 0) is 22.7 Å². The van der Waals surface area contributed by atoms with Crippen LogP contribution in [0, 0.1) is 22.7 Å². The van der Waals surface area contributed by atoms with Crippen molar-refractivity contribution in [3.63, 3.8) is 0 Å². The van der Waals surface area contributed by atoms with E-state index in [2.05, 4.69) is 63.2 Å². The van der Waals surface area contributed by atoms with E-state index < -0.39 is 0 Å². The van der Waals surface area contributed by atoms with Crippen molar-refractivity contribution < 1.29 is 0 Å². The van der Waals surface area contributed by atoms with Crippen molar-refractivity contribution in [2.75, 3.05) is 0 Å². The second-order valence-corrected chi connectivity index (χ2v) is 7.26. The maximum atomic E-state index is 2.47. The van der Waals surface area contributed by atoms with Gasteiger partial charge in [-0.1, -0.05) is 74.0 Å². The van der Waals surface area contributed by atoms with E-state index in [1.54, 1.807) is 0 Å². The van der Waals surface area contributed by atoms with E-state index in [1.807, 2.05) is 0 Å². The fourth-order valence-electron chi connectivity index (χ4n) is 2.58. The summed E-state index contributed by atoms with van der Waals surface area (Å²) in [5.41, 5.74) is 0.955. The Labute approximate surface area is 105 Å². The highest BCUT2D eigenvalue weighted by molar-refractivity contribution is 6.12. The lowest BCUT2D eigenvalue weighted by Crippen LogP contribution is -2.33. The molecule has 2 unspecified atom stereocenters. The number of hydrogen-bond donors (Lipinski definition) is 0. The zero-order chi connectivity index (χ0) is 13.1. The molecular weight excluding hydrogens is 191 g/mol. The third kappa shape index (κ3) is 3.53. The summed E-state index contributed by atoms with van der Waals surface area (Å²) < 4.78 is 0. The Morgan fingerprint density at radius 2 is 1.38 bits per heavy atom. The molecule has 16 heavy (non-hydrogen) atoms. The Kier molecular flexibility index (Phi) is 5.62. The molecule has 0 bridgehead atoms. The van der Waals surface area contributed by atoms with Crippen molar-refractivity contribution in [1.82, 2.24) is 0 Å². The van der Waals surface area contributed by atoms with Crippen LogP contribution in [0.3, 0.4) is 0 Å². The molecule has 0 aromatic carbocycles. The molecule has 0 amide bonds. The molecule has 0 aliphatic heterocycles. The Balaban J connectivity index is 4.73. The molecule has 0 aliphatic rings. The molecule has 0 fully saturated rings. The SMILES string of the molecule is BC(CC(C)(C)C(C)C)C(C)(CC)C(C)C. The van der Waals surface area contributed by atoms with Crippen LogP contribution in [0.5, 0.6) is 0 Å². The van der Waals surface area contributed by atoms with E-state index in [0.29, 0.717) is 10.8 Å². The fourth-order valence-corrected chi connectivity index (χ4v) is 2.58. The minimum atomic E-state index is 0.463. The van der Waals surface area contributed by atoms with Crippen LogP contribution in [-0.2, 0) is 0 Å². The van der Waals surface area contributed by atoms with Crippen molar-refractivity contribution >= 4 is 7.85 Å². The first-order valence-electron chi connectivity index (χ1n) is 7.08. The van der Waals surface area contributed by atoms with Crippen LogP contribution in [0.25, 0.3) is 0 Å². The molecule has 0 aromatic rings. The van der Waals surface area contributed by atoms with E-state index >= 15 is 0 Å². The van der Waals surface area contributed by atoms with Gasteiger partial charge in [0.1, 0.15) is 7.85 Å². The van der Waals surface area contributed by atoms with Crippen LogP contribution >= 0.6 is 0 Å². The molecule has 0 spiro atoms. The monoisotopic (exact) mass is 224 g/mol. The van der Waals surface area contributed by atoms with Crippen LogP contribution in [0.2, 0.25) is 5.82 Å². The molecule has 96 valence electrons. The van der Waals surface area contributed by atoms with Crippen molar-refractivity contribution in [3.8, 4) is 0 Å². The molecule has 0 aromatic heterocycles. The summed E-state index contributed by atoms with van der Waals surface area (Å²) in [6, 6.07) is 0. The van der Waals surface area contributed by atoms with Gasteiger partial charge in [-0.15, -0.1) is 0 Å². The highest BCUT2D eigenvalue weighted by Crippen LogP contribution is 2.47. The lowest BCUT2D eigenvalue weighted by atomic mass is 9.54. The van der Waals surface area contributed by atoms with Gasteiger partial charge < -0.3 is 0 Å². The van der Waals surface area contributed by atoms with Gasteiger partial charge in [0.05, 0.1) is 0 Å². The molecule has 0 aliphatic carbocycles. The van der Waals surface area contributed by atoms with Crippen LogP contribution in [0.4, 0.5) is 0 Å². The summed E-state index contributed by atoms with van der Waals surface area (Å²) in [5, 5.41) is 0. The molecule has 0 saturated heterocycles. The number of hydrogen-bond acceptors (Lipinski definition) is 0. The molecule has 0 heterocycles. The Morgan fingerprint density at radius 1 is 0.938 bits per heavy atom. The average molecular weight is 224 g/mol. The van der Waals surface area contributed by atoms with Crippen molar-refractivity contribution in [2.24, 2.45) is 22.7 Å². The Hall–Kier alpha value is 0.0649. The lowest BCUT2D eigenvalue weighted by Gasteiger charge is -2.44. The third-order valence-corrected chi connectivity index (χ3v) is 5.60. The van der Waals surface area contributed by atoms with Gasteiger partial charge in [0.15, 0.2) is 0 Å². The quantitative estimate of drug-likeness (QED) is 0.580. The normalized spacial score (nSPS) is 18.9. The van der Waals surface area contributed by atoms with Gasteiger partial charge in [-0.25, -0.2) is 0 Å². The predicted molar refractivity (Wildman–Crippen MR) is 78.8 cm³/mol. The minimum absolute atomic E-state index is 0.463. The molecule has 0 saturated carbocycles. The van der Waals surface area contributed by atoms with E-state index in [4.69, 9.17) is 0 Å². The second-order valence-electron chi connectivity index (χ2n) is 7.26. The van der Waals surface area contributed by atoms with Crippen molar-refractivity contribution in [3.05, 3.63) is 0 Å². The van der Waals surface area contributed by atoms with E-state index in [-0.39, 0.29) is 0 Å². The third-order valence-electron chi connectivity index (χ3n) is 5.60. The average Bonchev–Trinajstić information content (AvgIpc) is 2.14. The van der Waals surface area contributed by atoms with Crippen LogP contribution in [-0.4, -0.2) is 7.85 Å². The predicted octanol–water partition coefficient (Wildman–Crippen LogP) is 4.55. The molecule has 2 atom stereocenters. The summed E-state index contributed by atoms with van der Waals surface area (Å²) in [7, 11) is 2.45. The van der Waals surface area contributed by atoms with Crippen LogP contribution in [0.15, 0.2) is 0 Å². The highest BCUT2D eigenvalue weighted by atomic mass is 14.4. The second kappa shape index (κ2) is 5.60. The largest absolute Gasteiger partial charge is 0.106 e. The van der Waals surface area contributed by atoms with E-state index in [1.165, 1.54) is 12.8 Å². The molecule has 0 nitrogen and oxygen atoms in total. The standard InChI is InChI=1S/C15H33B/c1-9-15(8,12(4)5)13(16)10-14(6,7)11(2)3/h11-13H,9-10,16H2,1-8H3. The van der Waals surface area contributed by atoms with E-state index in [9.17, 15) is 0 Å². The minimum Gasteiger partial charge on any atom is -0.0649 e. The molecule has 1 heteroatoms. The molecule has 0 radical (unpaired) electrons. The van der Waals surface area contributed by atoms with Gasteiger partial charge in [0.2, 0.25) is 0 Å². The van der Waals surface area contributed by atoms with Crippen LogP contribution < -0.4 is 0 Å². The zero-order valence-corrected chi connectivity index (χ0v) is 13.1. The maximum absolute atomic E-state index is 2.47. The molecule has 0 N–H and O–H groups in total. The lowest BCUT2D eigenvalue weighted by molar-refractivity contribution is 0.131. The number of rotatable bonds is 6. The molecular formula is C15H33B. The smallest absolute Gasteiger partial charge is 0.0649 e. The van der Waals surface area contributed by atoms with Gasteiger partial charge >= 0.3 is 0 Å². The summed E-state index contributed by atoms with van der Waals surface area (Å²) in [5.74, 6) is 2.34. The fraction of sp³-hybridized carbons (Fsp3) is 1.00. The van der Waals surface area contributed by atoms with Gasteiger partial charge in [0, 0.05) is 0 Å². The Morgan fingerprint density at radius 3 is 1.62 bits per heavy atom. The Bertz CT molecular complexity index is 205. The van der Waals surface area contributed by atoms with Crippen molar-refractivity contribution in [2.45, 2.75) is 74.0 Å². The summed E-state index contributed by atoms with van der Waals surface area (Å²) in [6.45, 7) is 19.1. The highest BCUT2D eigenvalue weighted by Gasteiger charge is 2.36. The zero-order valence-electron chi connectivity index (χ0n) is 13.1. The maximum Gasteiger partial charge on any atom is 0.106 e.